The summed E-state index contributed by atoms with van der Waals surface area (Å²) in [5, 5.41) is 21.6. The third-order valence-electron chi connectivity index (χ3n) is 2.21. The van der Waals surface area contributed by atoms with Gasteiger partial charge in [0.15, 0.2) is 0 Å². The van der Waals surface area contributed by atoms with Crippen LogP contribution in [0.5, 0.6) is 0 Å². The van der Waals surface area contributed by atoms with Gasteiger partial charge in [0.2, 0.25) is 11.8 Å². The zero-order valence-electron chi connectivity index (χ0n) is 10.6. The van der Waals surface area contributed by atoms with E-state index in [-0.39, 0.29) is 25.2 Å². The second-order valence-electron chi connectivity index (χ2n) is 3.92. The topological polar surface area (TPSA) is 133 Å². The highest BCUT2D eigenvalue weighted by molar-refractivity contribution is 5.85. The molecule has 0 saturated carbocycles. The van der Waals surface area contributed by atoms with Gasteiger partial charge in [0, 0.05) is 12.8 Å². The smallest absolute Gasteiger partial charge is 0.326 e. The molecule has 108 valence electrons. The Balaban J connectivity index is 4.14. The van der Waals surface area contributed by atoms with Crippen LogP contribution in [0.3, 0.4) is 0 Å². The molecule has 2 amide bonds. The van der Waals surface area contributed by atoms with Crippen LogP contribution in [0, 0.1) is 0 Å². The third-order valence-corrected chi connectivity index (χ3v) is 2.21. The van der Waals surface area contributed by atoms with Crippen LogP contribution in [0.1, 0.15) is 32.6 Å². The van der Waals surface area contributed by atoms with Crippen LogP contribution < -0.4 is 10.6 Å². The Labute approximate surface area is 110 Å². The van der Waals surface area contributed by atoms with Crippen molar-refractivity contribution in [2.24, 2.45) is 0 Å². The molecule has 0 radical (unpaired) electrons. The number of carboxylic acid groups (broad SMARTS) is 2. The fourth-order valence-corrected chi connectivity index (χ4v) is 1.29. The van der Waals surface area contributed by atoms with E-state index in [1.54, 1.807) is 6.92 Å². The Morgan fingerprint density at radius 3 is 2.16 bits per heavy atom. The molecule has 0 aromatic rings. The monoisotopic (exact) mass is 274 g/mol. The van der Waals surface area contributed by atoms with Crippen LogP contribution in [0.15, 0.2) is 0 Å². The average molecular weight is 274 g/mol. The van der Waals surface area contributed by atoms with Crippen molar-refractivity contribution in [3.8, 4) is 0 Å². The molecule has 0 aliphatic carbocycles. The van der Waals surface area contributed by atoms with Gasteiger partial charge in [0.05, 0.1) is 0 Å². The lowest BCUT2D eigenvalue weighted by Crippen LogP contribution is -2.41. The molecule has 0 rings (SSSR count). The van der Waals surface area contributed by atoms with E-state index in [4.69, 9.17) is 10.2 Å². The van der Waals surface area contributed by atoms with Gasteiger partial charge in [-0.1, -0.05) is 6.92 Å². The summed E-state index contributed by atoms with van der Waals surface area (Å²) in [4.78, 5) is 43.5. The fraction of sp³-hybridized carbons (Fsp3) is 0.636. The molecular weight excluding hydrogens is 256 g/mol. The highest BCUT2D eigenvalue weighted by Crippen LogP contribution is 1.99. The molecular formula is C11H18N2O6. The van der Waals surface area contributed by atoms with E-state index < -0.39 is 30.4 Å². The summed E-state index contributed by atoms with van der Waals surface area (Å²) >= 11 is 0. The largest absolute Gasteiger partial charge is 0.480 e. The normalized spacial score (nSPS) is 11.4. The molecule has 8 heteroatoms. The van der Waals surface area contributed by atoms with Gasteiger partial charge < -0.3 is 20.8 Å². The summed E-state index contributed by atoms with van der Waals surface area (Å²) in [6.45, 7) is 1.27. The van der Waals surface area contributed by atoms with E-state index in [1.165, 1.54) is 0 Å². The van der Waals surface area contributed by atoms with Gasteiger partial charge in [-0.2, -0.15) is 0 Å². The molecule has 0 aliphatic rings. The number of hydrogen-bond acceptors (Lipinski definition) is 4. The van der Waals surface area contributed by atoms with E-state index in [2.05, 4.69) is 10.6 Å². The molecule has 0 heterocycles. The number of carboxylic acids is 2. The Hall–Kier alpha value is -2.12. The average Bonchev–Trinajstić information content (AvgIpc) is 2.31. The first-order chi connectivity index (χ1) is 8.86. The van der Waals surface area contributed by atoms with E-state index in [0.717, 1.165) is 0 Å². The molecule has 1 unspecified atom stereocenters. The standard InChI is InChI=1S/C11H18N2O6/c1-2-3-9(15)13-7(11(18)19)4-5-8(14)12-6-10(16)17/h7H,2-6H2,1H3,(H,12,14)(H,13,15)(H,16,17)(H,18,19). The summed E-state index contributed by atoms with van der Waals surface area (Å²) in [6.07, 6.45) is 0.555. The molecule has 19 heavy (non-hydrogen) atoms. The van der Waals surface area contributed by atoms with E-state index in [9.17, 15) is 19.2 Å². The maximum Gasteiger partial charge on any atom is 0.326 e. The first-order valence-electron chi connectivity index (χ1n) is 5.87. The number of rotatable bonds is 9. The van der Waals surface area contributed by atoms with Crippen molar-refractivity contribution in [2.75, 3.05) is 6.54 Å². The summed E-state index contributed by atoms with van der Waals surface area (Å²) in [7, 11) is 0. The van der Waals surface area contributed by atoms with Gasteiger partial charge in [-0.3, -0.25) is 14.4 Å². The van der Waals surface area contributed by atoms with Crippen LogP contribution in [0.4, 0.5) is 0 Å². The van der Waals surface area contributed by atoms with Gasteiger partial charge in [-0.25, -0.2) is 4.79 Å². The molecule has 8 nitrogen and oxygen atoms in total. The maximum absolute atomic E-state index is 11.3. The minimum atomic E-state index is -1.23. The van der Waals surface area contributed by atoms with Gasteiger partial charge in [0.25, 0.3) is 0 Å². The number of aliphatic carboxylic acids is 2. The molecule has 1 atom stereocenters. The van der Waals surface area contributed by atoms with Crippen molar-refractivity contribution >= 4 is 23.8 Å². The van der Waals surface area contributed by atoms with Crippen LogP contribution in [-0.4, -0.2) is 46.6 Å². The molecule has 0 aromatic heterocycles. The third kappa shape index (κ3) is 8.58. The SMILES string of the molecule is CCCC(=O)NC(CCC(=O)NCC(=O)O)C(=O)O. The Morgan fingerprint density at radius 1 is 1.05 bits per heavy atom. The molecule has 4 N–H and O–H groups in total. The molecule has 0 bridgehead atoms. The van der Waals surface area contributed by atoms with Crippen molar-refractivity contribution in [1.29, 1.82) is 0 Å². The van der Waals surface area contributed by atoms with Crippen molar-refractivity contribution in [2.45, 2.75) is 38.6 Å². The summed E-state index contributed by atoms with van der Waals surface area (Å²) < 4.78 is 0. The Morgan fingerprint density at radius 2 is 1.68 bits per heavy atom. The summed E-state index contributed by atoms with van der Waals surface area (Å²) in [5.74, 6) is -3.37. The Kier molecular flexibility index (Phi) is 7.90. The summed E-state index contributed by atoms with van der Waals surface area (Å²) in [5.41, 5.74) is 0. The quantitative estimate of drug-likeness (QED) is 0.441. The summed E-state index contributed by atoms with van der Waals surface area (Å²) in [6, 6.07) is -1.14. The number of hydrogen-bond donors (Lipinski definition) is 4. The second-order valence-corrected chi connectivity index (χ2v) is 3.92. The van der Waals surface area contributed by atoms with E-state index >= 15 is 0 Å². The highest BCUT2D eigenvalue weighted by atomic mass is 16.4. The molecule has 0 saturated heterocycles. The number of amides is 2. The molecule has 0 aliphatic heterocycles. The predicted molar refractivity (Wildman–Crippen MR) is 64.4 cm³/mol. The van der Waals surface area contributed by atoms with Gasteiger partial charge in [-0.15, -0.1) is 0 Å². The second kappa shape index (κ2) is 8.90. The zero-order valence-corrected chi connectivity index (χ0v) is 10.6. The van der Waals surface area contributed by atoms with Gasteiger partial charge >= 0.3 is 11.9 Å². The van der Waals surface area contributed by atoms with Gasteiger partial charge in [0.1, 0.15) is 12.6 Å². The van der Waals surface area contributed by atoms with Gasteiger partial charge in [-0.05, 0) is 12.8 Å². The number of carbonyl (C=O) groups excluding carboxylic acids is 2. The lowest BCUT2D eigenvalue weighted by molar-refractivity contribution is -0.142. The van der Waals surface area contributed by atoms with Crippen LogP contribution >= 0.6 is 0 Å². The fourth-order valence-electron chi connectivity index (χ4n) is 1.29. The lowest BCUT2D eigenvalue weighted by Gasteiger charge is -2.13. The minimum Gasteiger partial charge on any atom is -0.480 e. The number of nitrogens with one attached hydrogen (secondary N) is 2. The van der Waals surface area contributed by atoms with Crippen LogP contribution in [0.25, 0.3) is 0 Å². The molecule has 0 aromatic carbocycles. The van der Waals surface area contributed by atoms with Crippen LogP contribution in [-0.2, 0) is 19.2 Å². The first kappa shape index (κ1) is 16.9. The highest BCUT2D eigenvalue weighted by Gasteiger charge is 2.20. The zero-order chi connectivity index (χ0) is 14.8. The first-order valence-corrected chi connectivity index (χ1v) is 5.87. The molecule has 0 fully saturated rings. The van der Waals surface area contributed by atoms with Crippen molar-refractivity contribution in [3.63, 3.8) is 0 Å². The Bertz CT molecular complexity index is 355. The number of carbonyl (C=O) groups is 4. The van der Waals surface area contributed by atoms with Crippen molar-refractivity contribution in [1.82, 2.24) is 10.6 Å². The molecule has 0 spiro atoms. The lowest BCUT2D eigenvalue weighted by atomic mass is 10.1. The maximum atomic E-state index is 11.3. The van der Waals surface area contributed by atoms with Crippen LogP contribution in [0.2, 0.25) is 0 Å². The van der Waals surface area contributed by atoms with Crippen molar-refractivity contribution in [3.05, 3.63) is 0 Å². The van der Waals surface area contributed by atoms with E-state index in [1.807, 2.05) is 0 Å². The van der Waals surface area contributed by atoms with Crippen molar-refractivity contribution < 1.29 is 29.4 Å². The van der Waals surface area contributed by atoms with E-state index in [0.29, 0.717) is 6.42 Å². The minimum absolute atomic E-state index is 0.0871. The predicted octanol–water partition coefficient (Wildman–Crippen LogP) is -0.663.